The summed E-state index contributed by atoms with van der Waals surface area (Å²) in [5.41, 5.74) is 0. The Morgan fingerprint density at radius 1 is 1.52 bits per heavy atom. The van der Waals surface area contributed by atoms with Crippen LogP contribution in [0.5, 0.6) is 0 Å². The zero-order chi connectivity index (χ0) is 15.7. The van der Waals surface area contributed by atoms with E-state index < -0.39 is 4.92 Å². The van der Waals surface area contributed by atoms with Crippen LogP contribution in [0, 0.1) is 10.1 Å². The van der Waals surface area contributed by atoms with Crippen molar-refractivity contribution in [2.24, 2.45) is 7.05 Å². The molecular weight excluding hydrogens is 342 g/mol. The summed E-state index contributed by atoms with van der Waals surface area (Å²) >= 11 is 0.908. The molecule has 0 spiro atoms. The van der Waals surface area contributed by atoms with Gasteiger partial charge in [-0.15, -0.1) is 12.4 Å². The molecule has 1 N–H and O–H groups in total. The number of carbonyl (C=O) groups is 1. The fourth-order valence-electron chi connectivity index (χ4n) is 2.56. The minimum absolute atomic E-state index is 0. The Balaban J connectivity index is 0.00000192. The van der Waals surface area contributed by atoms with Gasteiger partial charge in [-0.25, -0.2) is 4.98 Å². The van der Waals surface area contributed by atoms with Crippen molar-refractivity contribution in [3.8, 4) is 0 Å². The van der Waals surface area contributed by atoms with E-state index in [0.717, 1.165) is 17.2 Å². The molecule has 0 bridgehead atoms. The van der Waals surface area contributed by atoms with Gasteiger partial charge in [0.25, 0.3) is 5.91 Å². The predicted molar refractivity (Wildman–Crippen MR) is 88.1 cm³/mol. The van der Waals surface area contributed by atoms with Crippen LogP contribution in [0.4, 0.5) is 5.00 Å². The number of carbonyl (C=O) groups excluding carboxylic acids is 1. The molecule has 3 heterocycles. The van der Waals surface area contributed by atoms with Crippen molar-refractivity contribution in [2.45, 2.75) is 6.04 Å². The van der Waals surface area contributed by atoms with Gasteiger partial charge in [-0.3, -0.25) is 14.9 Å². The van der Waals surface area contributed by atoms with E-state index in [1.807, 2.05) is 17.8 Å². The molecule has 2 aromatic heterocycles. The van der Waals surface area contributed by atoms with Gasteiger partial charge in [0, 0.05) is 45.1 Å². The van der Waals surface area contributed by atoms with Crippen LogP contribution in [-0.2, 0) is 7.05 Å². The molecule has 8 nitrogen and oxygen atoms in total. The SMILES string of the molecule is Cl.Cn1ccnc1C1CNCCN1C(=O)c1ccc([N+](=O)[O-])s1. The molecule has 1 atom stereocenters. The average Bonchev–Trinajstić information content (AvgIpc) is 3.15. The van der Waals surface area contributed by atoms with Gasteiger partial charge in [-0.05, 0) is 6.07 Å². The lowest BCUT2D eigenvalue weighted by atomic mass is 10.1. The highest BCUT2D eigenvalue weighted by Crippen LogP contribution is 2.28. The second kappa shape index (κ2) is 7.07. The van der Waals surface area contributed by atoms with Gasteiger partial charge >= 0.3 is 5.00 Å². The van der Waals surface area contributed by atoms with Gasteiger partial charge in [0.1, 0.15) is 11.9 Å². The molecule has 1 saturated heterocycles. The molecule has 1 amide bonds. The highest BCUT2D eigenvalue weighted by molar-refractivity contribution is 7.17. The van der Waals surface area contributed by atoms with Crippen LogP contribution in [-0.4, -0.2) is 44.9 Å². The molecule has 2 aromatic rings. The summed E-state index contributed by atoms with van der Waals surface area (Å²) < 4.78 is 1.88. The van der Waals surface area contributed by atoms with Gasteiger partial charge in [0.05, 0.1) is 9.80 Å². The molecule has 1 unspecified atom stereocenters. The van der Waals surface area contributed by atoms with E-state index in [2.05, 4.69) is 10.3 Å². The maximum Gasteiger partial charge on any atom is 0.324 e. The first kappa shape index (κ1) is 17.4. The number of rotatable bonds is 3. The van der Waals surface area contributed by atoms with E-state index in [-0.39, 0.29) is 29.4 Å². The number of halogens is 1. The van der Waals surface area contributed by atoms with Crippen LogP contribution in [0.1, 0.15) is 21.5 Å². The third kappa shape index (κ3) is 3.36. The number of nitro groups is 1. The maximum atomic E-state index is 12.7. The zero-order valence-corrected chi connectivity index (χ0v) is 14.0. The van der Waals surface area contributed by atoms with Crippen molar-refractivity contribution in [1.82, 2.24) is 19.8 Å². The van der Waals surface area contributed by atoms with Crippen molar-refractivity contribution in [1.29, 1.82) is 0 Å². The van der Waals surface area contributed by atoms with Gasteiger partial charge < -0.3 is 14.8 Å². The minimum atomic E-state index is -0.477. The lowest BCUT2D eigenvalue weighted by Crippen LogP contribution is -2.49. The normalized spacial score (nSPS) is 17.6. The number of amides is 1. The van der Waals surface area contributed by atoms with E-state index >= 15 is 0 Å². The second-order valence-corrected chi connectivity index (χ2v) is 6.07. The number of aryl methyl sites for hydroxylation is 1. The van der Waals surface area contributed by atoms with Crippen molar-refractivity contribution in [3.05, 3.63) is 45.3 Å². The van der Waals surface area contributed by atoms with E-state index in [4.69, 9.17) is 0 Å². The zero-order valence-electron chi connectivity index (χ0n) is 12.3. The third-order valence-electron chi connectivity index (χ3n) is 3.64. The second-order valence-electron chi connectivity index (χ2n) is 5.01. The molecule has 1 aliphatic heterocycles. The summed E-state index contributed by atoms with van der Waals surface area (Å²) in [4.78, 5) is 29.4. The van der Waals surface area contributed by atoms with Crippen LogP contribution < -0.4 is 5.32 Å². The highest BCUT2D eigenvalue weighted by atomic mass is 35.5. The standard InChI is InChI=1S/C13H15N5O3S.ClH/c1-16-6-5-15-12(16)9-8-14-4-7-17(9)13(19)10-2-3-11(22-10)18(20)21;/h2-3,5-6,9,14H,4,7-8H2,1H3;1H. The van der Waals surface area contributed by atoms with Crippen molar-refractivity contribution < 1.29 is 9.72 Å². The monoisotopic (exact) mass is 357 g/mol. The molecule has 23 heavy (non-hydrogen) atoms. The minimum Gasteiger partial charge on any atom is -0.336 e. The highest BCUT2D eigenvalue weighted by Gasteiger charge is 2.32. The first-order valence-electron chi connectivity index (χ1n) is 6.81. The largest absolute Gasteiger partial charge is 0.336 e. The molecule has 0 saturated carbocycles. The van der Waals surface area contributed by atoms with E-state index in [1.54, 1.807) is 11.1 Å². The van der Waals surface area contributed by atoms with Gasteiger partial charge in [-0.1, -0.05) is 11.3 Å². The summed E-state index contributed by atoms with van der Waals surface area (Å²) in [6.45, 7) is 1.85. The van der Waals surface area contributed by atoms with Crippen molar-refractivity contribution in [3.63, 3.8) is 0 Å². The fourth-order valence-corrected chi connectivity index (χ4v) is 3.34. The number of imidazole rings is 1. The molecule has 10 heteroatoms. The number of nitrogens with zero attached hydrogens (tertiary/aromatic N) is 4. The molecule has 0 aromatic carbocycles. The lowest BCUT2D eigenvalue weighted by Gasteiger charge is -2.35. The number of nitrogens with one attached hydrogen (secondary N) is 1. The van der Waals surface area contributed by atoms with Crippen LogP contribution in [0.15, 0.2) is 24.5 Å². The van der Waals surface area contributed by atoms with E-state index in [0.29, 0.717) is 24.5 Å². The number of aromatic nitrogens is 2. The smallest absolute Gasteiger partial charge is 0.324 e. The lowest BCUT2D eigenvalue weighted by molar-refractivity contribution is -0.380. The first-order chi connectivity index (χ1) is 10.6. The predicted octanol–water partition coefficient (Wildman–Crippen LogP) is 1.60. The number of piperazine rings is 1. The van der Waals surface area contributed by atoms with Crippen molar-refractivity contribution in [2.75, 3.05) is 19.6 Å². The third-order valence-corrected chi connectivity index (χ3v) is 4.67. The van der Waals surface area contributed by atoms with Gasteiger partial charge in [0.15, 0.2) is 0 Å². The van der Waals surface area contributed by atoms with Gasteiger partial charge in [0.2, 0.25) is 0 Å². The Hall–Kier alpha value is -1.97. The summed E-state index contributed by atoms with van der Waals surface area (Å²) in [5.74, 6) is 0.610. The summed E-state index contributed by atoms with van der Waals surface area (Å²) in [7, 11) is 1.88. The van der Waals surface area contributed by atoms with Crippen LogP contribution >= 0.6 is 23.7 Å². The van der Waals surface area contributed by atoms with Crippen LogP contribution in [0.3, 0.4) is 0 Å². The molecule has 0 aliphatic carbocycles. The Morgan fingerprint density at radius 3 is 2.91 bits per heavy atom. The van der Waals surface area contributed by atoms with E-state index in [1.165, 1.54) is 12.1 Å². The number of hydrogen-bond donors (Lipinski definition) is 1. The molecule has 0 radical (unpaired) electrons. The first-order valence-corrected chi connectivity index (χ1v) is 7.62. The summed E-state index contributed by atoms with van der Waals surface area (Å²) in [6, 6.07) is 2.71. The Kier molecular flexibility index (Phi) is 5.34. The Morgan fingerprint density at radius 2 is 2.30 bits per heavy atom. The molecule has 3 rings (SSSR count). The molecular formula is C13H16ClN5O3S. The Bertz CT molecular complexity index is 716. The van der Waals surface area contributed by atoms with E-state index in [9.17, 15) is 14.9 Å². The molecule has 1 aliphatic rings. The summed E-state index contributed by atoms with van der Waals surface area (Å²) in [6.07, 6.45) is 3.53. The Labute approximate surface area is 142 Å². The molecule has 124 valence electrons. The quantitative estimate of drug-likeness (QED) is 0.665. The summed E-state index contributed by atoms with van der Waals surface area (Å²) in [5, 5.41) is 14.0. The number of hydrogen-bond acceptors (Lipinski definition) is 6. The van der Waals surface area contributed by atoms with Crippen LogP contribution in [0.25, 0.3) is 0 Å². The fraction of sp³-hybridized carbons (Fsp3) is 0.385. The maximum absolute atomic E-state index is 12.7. The number of thiophene rings is 1. The van der Waals surface area contributed by atoms with Gasteiger partial charge in [-0.2, -0.15) is 0 Å². The molecule has 1 fully saturated rings. The average molecular weight is 358 g/mol. The topological polar surface area (TPSA) is 93.3 Å². The van der Waals surface area contributed by atoms with Crippen molar-refractivity contribution >= 4 is 34.7 Å². The van der Waals surface area contributed by atoms with Crippen LogP contribution in [0.2, 0.25) is 0 Å².